The zero-order valence-corrected chi connectivity index (χ0v) is 18.0. The molecule has 6 nitrogen and oxygen atoms in total. The molecule has 1 aliphatic rings. The van der Waals surface area contributed by atoms with Crippen molar-refractivity contribution in [3.05, 3.63) is 94.1 Å². The molecule has 0 bridgehead atoms. The lowest BCUT2D eigenvalue weighted by Gasteiger charge is -2.26. The van der Waals surface area contributed by atoms with Gasteiger partial charge in [-0.2, -0.15) is 0 Å². The van der Waals surface area contributed by atoms with Crippen LogP contribution in [0.2, 0.25) is 0 Å². The molecule has 1 amide bonds. The van der Waals surface area contributed by atoms with E-state index in [1.54, 1.807) is 36.4 Å². The third-order valence-corrected chi connectivity index (χ3v) is 6.25. The summed E-state index contributed by atoms with van der Waals surface area (Å²) in [6.45, 7) is 2.35. The number of nitrogens with zero attached hydrogens (tertiary/aromatic N) is 1. The molecular weight excluding hydrogens is 426 g/mol. The number of hydrogen-bond donors (Lipinski definition) is 1. The number of anilines is 1. The molecule has 7 heteroatoms. The van der Waals surface area contributed by atoms with Crippen LogP contribution >= 0.6 is 11.3 Å². The molecule has 2 aromatic carbocycles. The Bertz CT molecular complexity index is 1320. The second kappa shape index (κ2) is 8.01. The van der Waals surface area contributed by atoms with Crippen LogP contribution in [-0.2, 0) is 4.79 Å². The van der Waals surface area contributed by atoms with Crippen molar-refractivity contribution in [2.45, 2.75) is 13.0 Å². The van der Waals surface area contributed by atoms with Gasteiger partial charge in [0.15, 0.2) is 11.5 Å². The predicted octanol–water partition coefficient (Wildman–Crippen LogP) is 5.68. The second-order valence-electron chi connectivity index (χ2n) is 7.26. The van der Waals surface area contributed by atoms with Crippen molar-refractivity contribution in [3.8, 4) is 5.75 Å². The third kappa shape index (κ3) is 3.27. The highest BCUT2D eigenvalue weighted by Gasteiger charge is 2.46. The standard InChI is InChI=1S/C25H19NO5S/c1-2-30-17-9-5-8-16(14-17)26-22(20-11-6-12-32-20)21(24(28)25(26)29)23(27)19-13-15-7-3-4-10-18(15)31-19/h3-14,22,28H,2H2,1H3. The van der Waals surface area contributed by atoms with Crippen LogP contribution in [0.3, 0.4) is 0 Å². The Morgan fingerprint density at radius 2 is 1.97 bits per heavy atom. The summed E-state index contributed by atoms with van der Waals surface area (Å²) in [6, 6.07) is 18.9. The van der Waals surface area contributed by atoms with Crippen molar-refractivity contribution >= 4 is 39.7 Å². The molecule has 160 valence electrons. The summed E-state index contributed by atoms with van der Waals surface area (Å²) in [5, 5.41) is 13.5. The Kier molecular flexibility index (Phi) is 5.03. The Morgan fingerprint density at radius 1 is 1.12 bits per heavy atom. The number of rotatable bonds is 6. The highest BCUT2D eigenvalue weighted by Crippen LogP contribution is 2.44. The lowest BCUT2D eigenvalue weighted by molar-refractivity contribution is -0.117. The summed E-state index contributed by atoms with van der Waals surface area (Å²) in [6.07, 6.45) is 0. The van der Waals surface area contributed by atoms with Gasteiger partial charge in [0.2, 0.25) is 5.78 Å². The van der Waals surface area contributed by atoms with E-state index in [0.29, 0.717) is 23.6 Å². The van der Waals surface area contributed by atoms with Crippen molar-refractivity contribution < 1.29 is 23.8 Å². The number of thiophene rings is 1. The first-order valence-electron chi connectivity index (χ1n) is 10.1. The molecule has 0 aliphatic carbocycles. The van der Waals surface area contributed by atoms with Crippen LogP contribution in [0.1, 0.15) is 28.4 Å². The molecule has 0 saturated carbocycles. The number of aliphatic hydroxyl groups excluding tert-OH is 1. The van der Waals surface area contributed by atoms with E-state index in [9.17, 15) is 14.7 Å². The zero-order chi connectivity index (χ0) is 22.2. The van der Waals surface area contributed by atoms with Crippen molar-refractivity contribution in [3.63, 3.8) is 0 Å². The maximum atomic E-state index is 13.5. The maximum absolute atomic E-state index is 13.5. The Balaban J connectivity index is 1.62. The number of carbonyl (C=O) groups is 2. The fourth-order valence-electron chi connectivity index (χ4n) is 3.94. The van der Waals surface area contributed by atoms with Gasteiger partial charge in [0.05, 0.1) is 12.2 Å². The van der Waals surface area contributed by atoms with Gasteiger partial charge in [-0.25, -0.2) is 0 Å². The molecule has 1 unspecified atom stereocenters. The van der Waals surface area contributed by atoms with E-state index in [0.717, 1.165) is 10.3 Å². The molecule has 0 fully saturated rings. The number of Topliss-reactive ketones (excluding diaryl/α,β-unsaturated/α-hetero) is 1. The first-order valence-corrected chi connectivity index (χ1v) is 11.0. The average Bonchev–Trinajstić information content (AvgIpc) is 3.53. The molecule has 1 N–H and O–H groups in total. The van der Waals surface area contributed by atoms with E-state index in [1.165, 1.54) is 16.2 Å². The fraction of sp³-hybridized carbons (Fsp3) is 0.120. The van der Waals surface area contributed by atoms with Crippen LogP contribution < -0.4 is 9.64 Å². The summed E-state index contributed by atoms with van der Waals surface area (Å²) >= 11 is 1.41. The van der Waals surface area contributed by atoms with Crippen LogP contribution in [0, 0.1) is 0 Å². The SMILES string of the molecule is CCOc1cccc(N2C(=O)C(O)=C(C(=O)c3cc4ccccc4o3)C2c2cccs2)c1. The molecule has 1 atom stereocenters. The summed E-state index contributed by atoms with van der Waals surface area (Å²) < 4.78 is 11.3. The number of aliphatic hydroxyl groups is 1. The number of hydrogen-bond acceptors (Lipinski definition) is 6. The van der Waals surface area contributed by atoms with Gasteiger partial charge < -0.3 is 14.3 Å². The molecule has 4 aromatic rings. The van der Waals surface area contributed by atoms with Crippen LogP contribution in [0.15, 0.2) is 87.9 Å². The molecule has 0 spiro atoms. The highest BCUT2D eigenvalue weighted by atomic mass is 32.1. The number of carbonyl (C=O) groups excluding carboxylic acids is 2. The van der Waals surface area contributed by atoms with E-state index < -0.39 is 23.5 Å². The Labute approximate surface area is 188 Å². The predicted molar refractivity (Wildman–Crippen MR) is 122 cm³/mol. The quantitative estimate of drug-likeness (QED) is 0.387. The molecule has 1 aliphatic heterocycles. The van der Waals surface area contributed by atoms with Crippen LogP contribution in [0.5, 0.6) is 5.75 Å². The molecule has 0 radical (unpaired) electrons. The van der Waals surface area contributed by atoms with Crippen molar-refractivity contribution in [2.75, 3.05) is 11.5 Å². The van der Waals surface area contributed by atoms with Gasteiger partial charge in [0.1, 0.15) is 17.4 Å². The molecular formula is C25H19NO5S. The van der Waals surface area contributed by atoms with Crippen LogP contribution in [0.25, 0.3) is 11.0 Å². The highest BCUT2D eigenvalue weighted by molar-refractivity contribution is 7.10. The minimum atomic E-state index is -0.778. The van der Waals surface area contributed by atoms with Gasteiger partial charge in [-0.1, -0.05) is 30.3 Å². The monoisotopic (exact) mass is 445 g/mol. The summed E-state index contributed by atoms with van der Waals surface area (Å²) in [5.41, 5.74) is 1.09. The zero-order valence-electron chi connectivity index (χ0n) is 17.1. The molecule has 2 aromatic heterocycles. The number of ether oxygens (including phenoxy) is 1. The van der Waals surface area contributed by atoms with Gasteiger partial charge in [0, 0.05) is 22.0 Å². The Morgan fingerprint density at radius 3 is 2.72 bits per heavy atom. The van der Waals surface area contributed by atoms with Crippen molar-refractivity contribution in [1.82, 2.24) is 0 Å². The lowest BCUT2D eigenvalue weighted by atomic mass is 10.00. The maximum Gasteiger partial charge on any atom is 0.294 e. The number of ketones is 1. The number of amides is 1. The molecule has 32 heavy (non-hydrogen) atoms. The van der Waals surface area contributed by atoms with Crippen LogP contribution in [-0.4, -0.2) is 23.4 Å². The van der Waals surface area contributed by atoms with E-state index in [4.69, 9.17) is 9.15 Å². The lowest BCUT2D eigenvalue weighted by Crippen LogP contribution is -2.30. The van der Waals surface area contributed by atoms with Gasteiger partial charge in [-0.3, -0.25) is 14.5 Å². The minimum absolute atomic E-state index is 0.00156. The first kappa shape index (κ1) is 20.1. The second-order valence-corrected chi connectivity index (χ2v) is 8.24. The summed E-state index contributed by atoms with van der Waals surface area (Å²) in [5.74, 6) is -1.06. The van der Waals surface area contributed by atoms with Crippen molar-refractivity contribution in [2.24, 2.45) is 0 Å². The van der Waals surface area contributed by atoms with Gasteiger partial charge in [-0.05, 0) is 42.6 Å². The van der Waals surface area contributed by atoms with Gasteiger partial charge in [-0.15, -0.1) is 11.3 Å². The van der Waals surface area contributed by atoms with E-state index in [1.807, 2.05) is 42.6 Å². The summed E-state index contributed by atoms with van der Waals surface area (Å²) in [7, 11) is 0. The molecule has 5 rings (SSSR count). The average molecular weight is 445 g/mol. The number of para-hydroxylation sites is 1. The first-order chi connectivity index (χ1) is 15.6. The topological polar surface area (TPSA) is 80.0 Å². The molecule has 3 heterocycles. The van der Waals surface area contributed by atoms with E-state index in [-0.39, 0.29) is 11.3 Å². The largest absolute Gasteiger partial charge is 0.503 e. The smallest absolute Gasteiger partial charge is 0.294 e. The van der Waals surface area contributed by atoms with Gasteiger partial charge >= 0.3 is 0 Å². The normalized spacial score (nSPS) is 16.2. The van der Waals surface area contributed by atoms with Crippen molar-refractivity contribution in [1.29, 1.82) is 0 Å². The van der Waals surface area contributed by atoms with Gasteiger partial charge in [0.25, 0.3) is 5.91 Å². The van der Waals surface area contributed by atoms with E-state index >= 15 is 0 Å². The fourth-order valence-corrected chi connectivity index (χ4v) is 4.76. The number of furan rings is 1. The third-order valence-electron chi connectivity index (χ3n) is 5.32. The van der Waals surface area contributed by atoms with E-state index in [2.05, 4.69) is 0 Å². The number of fused-ring (bicyclic) bond motifs is 1. The minimum Gasteiger partial charge on any atom is -0.503 e. The number of benzene rings is 2. The van der Waals surface area contributed by atoms with Crippen LogP contribution in [0.4, 0.5) is 5.69 Å². The molecule has 0 saturated heterocycles. The Hall–Kier alpha value is -3.84. The summed E-state index contributed by atoms with van der Waals surface area (Å²) in [4.78, 5) is 28.9.